The lowest BCUT2D eigenvalue weighted by Gasteiger charge is -2.29. The lowest BCUT2D eigenvalue weighted by atomic mass is 10.0. The molecule has 2 atom stereocenters. The Hall–Kier alpha value is -2.61. The highest BCUT2D eigenvalue weighted by Crippen LogP contribution is 2.38. The third-order valence-electron chi connectivity index (χ3n) is 4.74. The quantitative estimate of drug-likeness (QED) is 0.661. The van der Waals surface area contributed by atoms with E-state index < -0.39 is 18.4 Å². The molecule has 7 nitrogen and oxygen atoms in total. The first-order valence-electron chi connectivity index (χ1n) is 9.24. The SMILES string of the molecule is COC(=O)Nc1ccc2c(c1)N(C(=O)C(C)NC(C)O)c1ccccc1CC2.Cl. The number of nitrogens with zero attached hydrogens (tertiary/aromatic N) is 1. The molecular formula is C21H26ClN3O4. The minimum Gasteiger partial charge on any atom is -0.453 e. The molecule has 1 aliphatic heterocycles. The Morgan fingerprint density at radius 2 is 1.72 bits per heavy atom. The number of aryl methyl sites for hydroxylation is 2. The average molecular weight is 420 g/mol. The molecule has 29 heavy (non-hydrogen) atoms. The van der Waals surface area contributed by atoms with Gasteiger partial charge in [0.2, 0.25) is 5.91 Å². The molecule has 0 radical (unpaired) electrons. The van der Waals surface area contributed by atoms with Gasteiger partial charge in [0.25, 0.3) is 0 Å². The maximum Gasteiger partial charge on any atom is 0.411 e. The van der Waals surface area contributed by atoms with E-state index in [4.69, 9.17) is 0 Å². The van der Waals surface area contributed by atoms with Crippen molar-refractivity contribution >= 4 is 41.5 Å². The summed E-state index contributed by atoms with van der Waals surface area (Å²) in [7, 11) is 1.30. The minimum atomic E-state index is -0.812. The van der Waals surface area contributed by atoms with Crippen molar-refractivity contribution in [1.82, 2.24) is 5.32 Å². The molecule has 156 valence electrons. The highest BCUT2D eigenvalue weighted by molar-refractivity contribution is 6.05. The third kappa shape index (κ3) is 5.06. The molecule has 1 heterocycles. The van der Waals surface area contributed by atoms with E-state index in [2.05, 4.69) is 15.4 Å². The van der Waals surface area contributed by atoms with Gasteiger partial charge in [-0.25, -0.2) is 4.79 Å². The summed E-state index contributed by atoms with van der Waals surface area (Å²) in [6.45, 7) is 3.30. The van der Waals surface area contributed by atoms with Crippen LogP contribution in [0.1, 0.15) is 25.0 Å². The van der Waals surface area contributed by atoms with E-state index in [-0.39, 0.29) is 18.3 Å². The summed E-state index contributed by atoms with van der Waals surface area (Å²) in [5.41, 5.74) is 4.13. The molecule has 3 N–H and O–H groups in total. The minimum absolute atomic E-state index is 0. The van der Waals surface area contributed by atoms with Gasteiger partial charge < -0.3 is 9.84 Å². The van der Waals surface area contributed by atoms with Crippen LogP contribution in [0, 0.1) is 0 Å². The van der Waals surface area contributed by atoms with Gasteiger partial charge >= 0.3 is 6.09 Å². The number of nitrogens with one attached hydrogen (secondary N) is 2. The Balaban J connectivity index is 0.00000300. The van der Waals surface area contributed by atoms with Crippen LogP contribution in [0.2, 0.25) is 0 Å². The van der Waals surface area contributed by atoms with Gasteiger partial charge in [0, 0.05) is 5.69 Å². The molecule has 0 bridgehead atoms. The molecule has 0 aliphatic carbocycles. The Labute approximate surface area is 176 Å². The van der Waals surface area contributed by atoms with Gasteiger partial charge in [0.1, 0.15) is 6.23 Å². The smallest absolute Gasteiger partial charge is 0.411 e. The van der Waals surface area contributed by atoms with Gasteiger partial charge in [0.15, 0.2) is 0 Å². The number of aliphatic hydroxyl groups is 1. The fraction of sp³-hybridized carbons (Fsp3) is 0.333. The van der Waals surface area contributed by atoms with Crippen molar-refractivity contribution in [1.29, 1.82) is 0 Å². The molecule has 0 aromatic heterocycles. The van der Waals surface area contributed by atoms with Crippen LogP contribution in [-0.4, -0.2) is 36.5 Å². The van der Waals surface area contributed by atoms with Crippen molar-refractivity contribution in [2.75, 3.05) is 17.3 Å². The highest BCUT2D eigenvalue weighted by atomic mass is 35.5. The van der Waals surface area contributed by atoms with Gasteiger partial charge in [0.05, 0.1) is 24.5 Å². The van der Waals surface area contributed by atoms with E-state index >= 15 is 0 Å². The first-order chi connectivity index (χ1) is 13.4. The van der Waals surface area contributed by atoms with E-state index in [1.807, 2.05) is 30.3 Å². The lowest BCUT2D eigenvalue weighted by molar-refractivity contribution is -0.120. The summed E-state index contributed by atoms with van der Waals surface area (Å²) in [4.78, 5) is 26.6. The summed E-state index contributed by atoms with van der Waals surface area (Å²) in [5.74, 6) is -0.188. The van der Waals surface area contributed by atoms with E-state index in [0.717, 1.165) is 29.7 Å². The molecule has 1 aliphatic rings. The topological polar surface area (TPSA) is 90.9 Å². The number of ether oxygens (including phenoxy) is 1. The number of hydrogen-bond acceptors (Lipinski definition) is 5. The number of hydrogen-bond donors (Lipinski definition) is 3. The second-order valence-corrected chi connectivity index (χ2v) is 6.83. The van der Waals surface area contributed by atoms with Crippen molar-refractivity contribution in [2.24, 2.45) is 0 Å². The van der Waals surface area contributed by atoms with Gasteiger partial charge in [-0.2, -0.15) is 0 Å². The van der Waals surface area contributed by atoms with E-state index in [0.29, 0.717) is 11.4 Å². The van der Waals surface area contributed by atoms with Crippen molar-refractivity contribution in [3.63, 3.8) is 0 Å². The average Bonchev–Trinajstić information content (AvgIpc) is 2.83. The number of halogens is 1. The van der Waals surface area contributed by atoms with Crippen LogP contribution in [0.5, 0.6) is 0 Å². The molecule has 2 amide bonds. The number of benzene rings is 2. The summed E-state index contributed by atoms with van der Waals surface area (Å²) in [6.07, 6.45) is 0.186. The summed E-state index contributed by atoms with van der Waals surface area (Å²) in [6, 6.07) is 12.7. The van der Waals surface area contributed by atoms with Gasteiger partial charge in [-0.05, 0) is 56.0 Å². The Bertz CT molecular complexity index is 888. The molecule has 2 unspecified atom stereocenters. The predicted molar refractivity (Wildman–Crippen MR) is 115 cm³/mol. The number of anilines is 3. The summed E-state index contributed by atoms with van der Waals surface area (Å²) < 4.78 is 4.67. The highest BCUT2D eigenvalue weighted by Gasteiger charge is 2.29. The maximum atomic E-state index is 13.3. The zero-order valence-corrected chi connectivity index (χ0v) is 17.5. The molecule has 3 rings (SSSR count). The Morgan fingerprint density at radius 3 is 2.38 bits per heavy atom. The predicted octanol–water partition coefficient (Wildman–Crippen LogP) is 3.37. The van der Waals surface area contributed by atoms with Crippen LogP contribution in [0.15, 0.2) is 42.5 Å². The normalized spacial score (nSPS) is 14.4. The number of aliphatic hydroxyl groups excluding tert-OH is 1. The van der Waals surface area contributed by atoms with E-state index in [1.54, 1.807) is 30.9 Å². The maximum absolute atomic E-state index is 13.3. The summed E-state index contributed by atoms with van der Waals surface area (Å²) >= 11 is 0. The van der Waals surface area contributed by atoms with Gasteiger partial charge in [-0.1, -0.05) is 24.3 Å². The molecule has 0 fully saturated rings. The Morgan fingerprint density at radius 1 is 1.07 bits per heavy atom. The monoisotopic (exact) mass is 419 g/mol. The molecule has 2 aromatic carbocycles. The van der Waals surface area contributed by atoms with E-state index in [9.17, 15) is 14.7 Å². The van der Waals surface area contributed by atoms with Crippen molar-refractivity contribution in [2.45, 2.75) is 39.0 Å². The fourth-order valence-electron chi connectivity index (χ4n) is 3.43. The van der Waals surface area contributed by atoms with Crippen LogP contribution in [0.25, 0.3) is 0 Å². The second-order valence-electron chi connectivity index (χ2n) is 6.83. The first kappa shape index (κ1) is 22.7. The number of para-hydroxylation sites is 1. The largest absolute Gasteiger partial charge is 0.453 e. The first-order valence-corrected chi connectivity index (χ1v) is 9.24. The van der Waals surface area contributed by atoms with Crippen LogP contribution in [0.3, 0.4) is 0 Å². The molecule has 2 aromatic rings. The summed E-state index contributed by atoms with van der Waals surface area (Å²) in [5, 5.41) is 15.1. The fourth-order valence-corrected chi connectivity index (χ4v) is 3.43. The van der Waals surface area contributed by atoms with Crippen molar-refractivity contribution in [3.05, 3.63) is 53.6 Å². The van der Waals surface area contributed by atoms with Crippen molar-refractivity contribution < 1.29 is 19.4 Å². The zero-order valence-electron chi connectivity index (χ0n) is 16.6. The van der Waals surface area contributed by atoms with Crippen LogP contribution in [-0.2, 0) is 22.4 Å². The number of carbonyl (C=O) groups excluding carboxylic acids is 2. The van der Waals surface area contributed by atoms with E-state index in [1.165, 1.54) is 7.11 Å². The number of methoxy groups -OCH3 is 1. The number of rotatable bonds is 4. The zero-order chi connectivity index (χ0) is 20.3. The molecule has 8 heteroatoms. The number of carbonyl (C=O) groups is 2. The van der Waals surface area contributed by atoms with Gasteiger partial charge in [-0.3, -0.25) is 20.3 Å². The van der Waals surface area contributed by atoms with Crippen LogP contribution in [0.4, 0.5) is 21.9 Å². The van der Waals surface area contributed by atoms with Gasteiger partial charge in [-0.15, -0.1) is 12.4 Å². The number of amides is 2. The molecule has 0 saturated carbocycles. The number of fused-ring (bicyclic) bond motifs is 2. The Kier molecular flexibility index (Phi) is 7.61. The molecule has 0 saturated heterocycles. The lowest BCUT2D eigenvalue weighted by Crippen LogP contribution is -2.46. The van der Waals surface area contributed by atoms with Crippen molar-refractivity contribution in [3.8, 4) is 0 Å². The second kappa shape index (κ2) is 9.73. The van der Waals surface area contributed by atoms with Crippen LogP contribution < -0.4 is 15.5 Å². The molecule has 0 spiro atoms. The third-order valence-corrected chi connectivity index (χ3v) is 4.74. The standard InChI is InChI=1S/C21H25N3O4.ClH/c1-13(22-14(2)25)20(26)24-18-7-5-4-6-15(18)8-9-16-10-11-17(12-19(16)24)23-21(27)28-3;/h4-7,10-14,22,25H,8-9H2,1-3H3,(H,23,27);1H. The van der Waals surface area contributed by atoms with Crippen LogP contribution >= 0.6 is 12.4 Å². The molecular weight excluding hydrogens is 394 g/mol.